The summed E-state index contributed by atoms with van der Waals surface area (Å²) in [5.74, 6) is 1.92. The lowest BCUT2D eigenvalue weighted by molar-refractivity contribution is 0.134. The van der Waals surface area contributed by atoms with Crippen LogP contribution in [0.2, 0.25) is 0 Å². The van der Waals surface area contributed by atoms with E-state index in [-0.39, 0.29) is 0 Å². The first-order valence-electron chi connectivity index (χ1n) is 6.50. The Balaban J connectivity index is 1.98. The zero-order valence-electron chi connectivity index (χ0n) is 11.3. The zero-order valence-corrected chi connectivity index (χ0v) is 12.1. The highest BCUT2D eigenvalue weighted by molar-refractivity contribution is 6.16. The maximum Gasteiger partial charge on any atom is 0.164 e. The smallest absolute Gasteiger partial charge is 0.164 e. The molecular formula is C14H16ClN3O2. The van der Waals surface area contributed by atoms with Gasteiger partial charge in [0.15, 0.2) is 5.82 Å². The van der Waals surface area contributed by atoms with Gasteiger partial charge in [-0.3, -0.25) is 0 Å². The molecular weight excluding hydrogens is 278 g/mol. The third-order valence-electron chi connectivity index (χ3n) is 3.45. The number of halogens is 1. The predicted octanol–water partition coefficient (Wildman–Crippen LogP) is 2.36. The van der Waals surface area contributed by atoms with E-state index in [0.717, 1.165) is 17.2 Å². The van der Waals surface area contributed by atoms with E-state index in [1.165, 1.54) is 11.1 Å². The molecule has 0 saturated carbocycles. The van der Waals surface area contributed by atoms with Crippen molar-refractivity contribution in [2.45, 2.75) is 25.6 Å². The maximum absolute atomic E-state index is 5.92. The molecule has 1 aliphatic heterocycles. The monoisotopic (exact) mass is 293 g/mol. The van der Waals surface area contributed by atoms with E-state index >= 15 is 0 Å². The standard InChI is InChI=1S/C14H16ClN3O2/c1-19-5-4-18-13(7-15)16-17-14(18)10-2-3-11-8-20-9-12(11)6-10/h2-3,6H,4-5,7-9H2,1H3. The number of benzene rings is 1. The fraction of sp³-hybridized carbons (Fsp3) is 0.429. The molecule has 0 aliphatic carbocycles. The molecule has 1 aromatic heterocycles. The average Bonchev–Trinajstić information content (AvgIpc) is 3.10. The highest BCUT2D eigenvalue weighted by atomic mass is 35.5. The molecule has 0 unspecified atom stereocenters. The van der Waals surface area contributed by atoms with Gasteiger partial charge in [0, 0.05) is 19.2 Å². The third-order valence-corrected chi connectivity index (χ3v) is 3.68. The number of hydrogen-bond donors (Lipinski definition) is 0. The average molecular weight is 294 g/mol. The molecule has 0 bridgehead atoms. The van der Waals surface area contributed by atoms with Crippen molar-refractivity contribution in [2.24, 2.45) is 0 Å². The minimum Gasteiger partial charge on any atom is -0.383 e. The van der Waals surface area contributed by atoms with Gasteiger partial charge in [0.05, 0.1) is 25.7 Å². The lowest BCUT2D eigenvalue weighted by Crippen LogP contribution is -2.09. The summed E-state index contributed by atoms with van der Waals surface area (Å²) in [5, 5.41) is 8.42. The molecule has 3 rings (SSSR count). The molecule has 106 valence electrons. The van der Waals surface area contributed by atoms with Gasteiger partial charge in [-0.2, -0.15) is 0 Å². The summed E-state index contributed by atoms with van der Waals surface area (Å²) in [7, 11) is 1.68. The van der Waals surface area contributed by atoms with Crippen molar-refractivity contribution in [1.82, 2.24) is 14.8 Å². The summed E-state index contributed by atoms with van der Waals surface area (Å²) in [5.41, 5.74) is 3.50. The van der Waals surface area contributed by atoms with Crippen LogP contribution in [-0.4, -0.2) is 28.5 Å². The highest BCUT2D eigenvalue weighted by Crippen LogP contribution is 2.26. The molecule has 0 fully saturated rings. The third kappa shape index (κ3) is 2.44. The van der Waals surface area contributed by atoms with Crippen LogP contribution < -0.4 is 0 Å². The van der Waals surface area contributed by atoms with Crippen molar-refractivity contribution in [2.75, 3.05) is 13.7 Å². The van der Waals surface area contributed by atoms with E-state index in [4.69, 9.17) is 21.1 Å². The number of rotatable bonds is 5. The molecule has 0 spiro atoms. The quantitative estimate of drug-likeness (QED) is 0.794. The molecule has 5 nitrogen and oxygen atoms in total. The normalized spacial score (nSPS) is 13.7. The van der Waals surface area contributed by atoms with Gasteiger partial charge >= 0.3 is 0 Å². The van der Waals surface area contributed by atoms with Crippen LogP contribution in [0.3, 0.4) is 0 Å². The Morgan fingerprint density at radius 3 is 2.95 bits per heavy atom. The zero-order chi connectivity index (χ0) is 13.9. The van der Waals surface area contributed by atoms with Crippen LogP contribution in [0.5, 0.6) is 0 Å². The van der Waals surface area contributed by atoms with Crippen molar-refractivity contribution in [3.05, 3.63) is 35.2 Å². The summed E-state index contributed by atoms with van der Waals surface area (Å²) < 4.78 is 12.6. The summed E-state index contributed by atoms with van der Waals surface area (Å²) in [6.07, 6.45) is 0. The van der Waals surface area contributed by atoms with Gasteiger partial charge in [0.25, 0.3) is 0 Å². The first-order chi connectivity index (χ1) is 9.83. The highest BCUT2D eigenvalue weighted by Gasteiger charge is 2.16. The number of aromatic nitrogens is 3. The van der Waals surface area contributed by atoms with Crippen molar-refractivity contribution in [3.63, 3.8) is 0 Å². The van der Waals surface area contributed by atoms with Gasteiger partial charge in [0.1, 0.15) is 5.82 Å². The van der Waals surface area contributed by atoms with E-state index in [9.17, 15) is 0 Å². The summed E-state index contributed by atoms with van der Waals surface area (Å²) in [4.78, 5) is 0. The van der Waals surface area contributed by atoms with E-state index < -0.39 is 0 Å². The second-order valence-corrected chi connectivity index (χ2v) is 4.96. The first-order valence-corrected chi connectivity index (χ1v) is 7.04. The number of fused-ring (bicyclic) bond motifs is 1. The van der Waals surface area contributed by atoms with E-state index in [0.29, 0.717) is 32.2 Å². The molecule has 1 aliphatic rings. The summed E-state index contributed by atoms with van der Waals surface area (Å²) >= 11 is 5.92. The Morgan fingerprint density at radius 1 is 1.30 bits per heavy atom. The SMILES string of the molecule is COCCn1c(CCl)nnc1-c1ccc2c(c1)COC2. The Labute approximate surface area is 122 Å². The first kappa shape index (κ1) is 13.5. The lowest BCUT2D eigenvalue weighted by Gasteiger charge is -2.09. The Kier molecular flexibility index (Phi) is 4.00. The number of alkyl halides is 1. The van der Waals surface area contributed by atoms with Gasteiger partial charge in [-0.15, -0.1) is 21.8 Å². The number of hydrogen-bond acceptors (Lipinski definition) is 4. The van der Waals surface area contributed by atoms with Crippen LogP contribution in [0.25, 0.3) is 11.4 Å². The summed E-state index contributed by atoms with van der Waals surface area (Å²) in [6, 6.07) is 6.26. The molecule has 2 aromatic rings. The Hall–Kier alpha value is -1.43. The van der Waals surface area contributed by atoms with Crippen molar-refractivity contribution in [1.29, 1.82) is 0 Å². The van der Waals surface area contributed by atoms with Gasteiger partial charge < -0.3 is 14.0 Å². The molecule has 0 atom stereocenters. The largest absolute Gasteiger partial charge is 0.383 e. The fourth-order valence-corrected chi connectivity index (χ4v) is 2.57. The van der Waals surface area contributed by atoms with Crippen LogP contribution >= 0.6 is 11.6 Å². The minimum atomic E-state index is 0.338. The summed E-state index contributed by atoms with van der Waals surface area (Å²) in [6.45, 7) is 2.65. The van der Waals surface area contributed by atoms with E-state index in [1.807, 2.05) is 4.57 Å². The molecule has 6 heteroatoms. The van der Waals surface area contributed by atoms with Gasteiger partial charge in [-0.05, 0) is 17.2 Å². The Bertz CT molecular complexity index is 612. The maximum atomic E-state index is 5.92. The van der Waals surface area contributed by atoms with Crippen LogP contribution in [0, 0.1) is 0 Å². The number of methoxy groups -OCH3 is 1. The van der Waals surface area contributed by atoms with Gasteiger partial charge in [-0.1, -0.05) is 12.1 Å². The van der Waals surface area contributed by atoms with E-state index in [1.54, 1.807) is 7.11 Å². The second kappa shape index (κ2) is 5.91. The van der Waals surface area contributed by atoms with Gasteiger partial charge in [-0.25, -0.2) is 0 Å². The number of nitrogens with zero attached hydrogens (tertiary/aromatic N) is 3. The Morgan fingerprint density at radius 2 is 2.15 bits per heavy atom. The van der Waals surface area contributed by atoms with Gasteiger partial charge in [0.2, 0.25) is 0 Å². The molecule has 0 radical (unpaired) electrons. The molecule has 20 heavy (non-hydrogen) atoms. The second-order valence-electron chi connectivity index (χ2n) is 4.69. The number of ether oxygens (including phenoxy) is 2. The van der Waals surface area contributed by atoms with E-state index in [2.05, 4.69) is 28.4 Å². The molecule has 2 heterocycles. The molecule has 0 amide bonds. The molecule has 0 saturated heterocycles. The molecule has 0 N–H and O–H groups in total. The van der Waals surface area contributed by atoms with Crippen molar-refractivity contribution < 1.29 is 9.47 Å². The minimum absolute atomic E-state index is 0.338. The van der Waals surface area contributed by atoms with Crippen LogP contribution in [0.15, 0.2) is 18.2 Å². The van der Waals surface area contributed by atoms with Crippen molar-refractivity contribution >= 4 is 11.6 Å². The van der Waals surface area contributed by atoms with Crippen LogP contribution in [0.4, 0.5) is 0 Å². The van der Waals surface area contributed by atoms with Crippen LogP contribution in [0.1, 0.15) is 17.0 Å². The lowest BCUT2D eigenvalue weighted by atomic mass is 10.1. The van der Waals surface area contributed by atoms with Crippen molar-refractivity contribution in [3.8, 4) is 11.4 Å². The molecule has 1 aromatic carbocycles. The predicted molar refractivity (Wildman–Crippen MR) is 75.4 cm³/mol. The topological polar surface area (TPSA) is 49.2 Å². The fourth-order valence-electron chi connectivity index (χ4n) is 2.38. The van der Waals surface area contributed by atoms with Crippen LogP contribution in [-0.2, 0) is 35.1 Å².